The van der Waals surface area contributed by atoms with Gasteiger partial charge in [0.15, 0.2) is 6.10 Å². The third-order valence-corrected chi connectivity index (χ3v) is 6.67. The number of hydrogen-bond donors (Lipinski definition) is 4. The van der Waals surface area contributed by atoms with Gasteiger partial charge in [0, 0.05) is 18.2 Å². The van der Waals surface area contributed by atoms with E-state index in [-0.39, 0.29) is 18.4 Å². The van der Waals surface area contributed by atoms with Gasteiger partial charge >= 0.3 is 6.09 Å². The molecule has 0 unspecified atom stereocenters. The van der Waals surface area contributed by atoms with E-state index >= 15 is 0 Å². The first-order valence-corrected chi connectivity index (χ1v) is 12.7. The fourth-order valence-electron chi connectivity index (χ4n) is 4.62. The highest BCUT2D eigenvalue weighted by Crippen LogP contribution is 2.44. The lowest BCUT2D eigenvalue weighted by Gasteiger charge is -2.23. The number of benzene rings is 3. The van der Waals surface area contributed by atoms with Crippen LogP contribution in [0.4, 0.5) is 10.5 Å². The highest BCUT2D eigenvalue weighted by atomic mass is 16.6. The van der Waals surface area contributed by atoms with Gasteiger partial charge in [-0.25, -0.2) is 4.79 Å². The first-order valence-electron chi connectivity index (χ1n) is 12.7. The number of rotatable bonds is 9. The zero-order valence-corrected chi connectivity index (χ0v) is 21.7. The van der Waals surface area contributed by atoms with Crippen molar-refractivity contribution in [1.82, 2.24) is 10.6 Å². The molecule has 0 heterocycles. The first kappa shape index (κ1) is 26.9. The molecule has 0 saturated carbocycles. The summed E-state index contributed by atoms with van der Waals surface area (Å²) in [7, 11) is 0. The van der Waals surface area contributed by atoms with Crippen LogP contribution >= 0.6 is 0 Å². The summed E-state index contributed by atoms with van der Waals surface area (Å²) in [5, 5.41) is 17.3. The standard InChI is InChI=1S/C30H33N3O5/c1-18(2)27(29(36)32-19(3)28(35)33-21-14-12-20(17-34)13-15-21)38-30(37)31-16-26-24-10-6-4-8-22(24)23-9-5-7-11-25(23)26/h4-15,18-19,26-27,34H,16-17H2,1-3H3,(H,31,37)(H,32,36)(H,33,35)/t19-,27-/m0/s1. The van der Waals surface area contributed by atoms with Crippen molar-refractivity contribution in [3.63, 3.8) is 0 Å². The normalized spacial score (nSPS) is 13.7. The second-order valence-electron chi connectivity index (χ2n) is 9.75. The van der Waals surface area contributed by atoms with Crippen molar-refractivity contribution in [2.75, 3.05) is 11.9 Å². The molecule has 38 heavy (non-hydrogen) atoms. The summed E-state index contributed by atoms with van der Waals surface area (Å²) < 4.78 is 5.52. The van der Waals surface area contributed by atoms with E-state index in [2.05, 4.69) is 40.2 Å². The number of alkyl carbamates (subject to hydrolysis) is 1. The molecule has 2 atom stereocenters. The van der Waals surface area contributed by atoms with Crippen molar-refractivity contribution in [1.29, 1.82) is 0 Å². The zero-order valence-electron chi connectivity index (χ0n) is 21.7. The Bertz CT molecular complexity index is 1260. The Kier molecular flexibility index (Phi) is 8.43. The van der Waals surface area contributed by atoms with E-state index in [0.29, 0.717) is 12.2 Å². The summed E-state index contributed by atoms with van der Waals surface area (Å²) in [5.74, 6) is -1.29. The summed E-state index contributed by atoms with van der Waals surface area (Å²) >= 11 is 0. The first-order chi connectivity index (χ1) is 18.3. The quantitative estimate of drug-likeness (QED) is 0.341. The topological polar surface area (TPSA) is 117 Å². The molecule has 8 heteroatoms. The molecule has 198 valence electrons. The number of fused-ring (bicyclic) bond motifs is 3. The van der Waals surface area contributed by atoms with E-state index in [1.165, 1.54) is 0 Å². The van der Waals surface area contributed by atoms with Crippen LogP contribution in [0.25, 0.3) is 11.1 Å². The van der Waals surface area contributed by atoms with E-state index < -0.39 is 30.1 Å². The average Bonchev–Trinajstić information content (AvgIpc) is 3.24. The number of hydrogen-bond acceptors (Lipinski definition) is 5. The number of carbonyl (C=O) groups is 3. The summed E-state index contributed by atoms with van der Waals surface area (Å²) in [6, 6.07) is 22.1. The fourth-order valence-corrected chi connectivity index (χ4v) is 4.62. The Morgan fingerprint density at radius 3 is 1.97 bits per heavy atom. The van der Waals surface area contributed by atoms with Crippen molar-refractivity contribution in [3.05, 3.63) is 89.5 Å². The number of amides is 3. The van der Waals surface area contributed by atoms with Crippen molar-refractivity contribution in [2.45, 2.75) is 45.4 Å². The van der Waals surface area contributed by atoms with Crippen molar-refractivity contribution in [2.24, 2.45) is 5.92 Å². The molecule has 3 amide bonds. The highest BCUT2D eigenvalue weighted by Gasteiger charge is 2.31. The van der Waals surface area contributed by atoms with Crippen molar-refractivity contribution in [3.8, 4) is 11.1 Å². The lowest BCUT2D eigenvalue weighted by molar-refractivity contribution is -0.134. The lowest BCUT2D eigenvalue weighted by Crippen LogP contribution is -2.49. The smallest absolute Gasteiger partial charge is 0.407 e. The van der Waals surface area contributed by atoms with Gasteiger partial charge in [0.05, 0.1) is 6.61 Å². The predicted octanol–water partition coefficient (Wildman–Crippen LogP) is 4.19. The number of ether oxygens (including phenoxy) is 1. The second kappa shape index (κ2) is 11.9. The number of aliphatic hydroxyl groups is 1. The SMILES string of the molecule is CC(C)[C@H](OC(=O)NCC1c2ccccc2-c2ccccc21)C(=O)N[C@@H](C)C(=O)Nc1ccc(CO)cc1. The van der Waals surface area contributed by atoms with Gasteiger partial charge in [-0.05, 0) is 52.8 Å². The number of anilines is 1. The van der Waals surface area contributed by atoms with Crippen LogP contribution in [0.5, 0.6) is 0 Å². The maximum atomic E-state index is 12.9. The van der Waals surface area contributed by atoms with Crippen LogP contribution in [0.2, 0.25) is 0 Å². The summed E-state index contributed by atoms with van der Waals surface area (Å²) in [4.78, 5) is 38.3. The second-order valence-corrected chi connectivity index (χ2v) is 9.75. The van der Waals surface area contributed by atoms with Gasteiger partial charge in [-0.2, -0.15) is 0 Å². The summed E-state index contributed by atoms with van der Waals surface area (Å²) in [6.07, 6.45) is -1.76. The average molecular weight is 516 g/mol. The number of carbonyl (C=O) groups excluding carboxylic acids is 3. The fraction of sp³-hybridized carbons (Fsp3) is 0.300. The lowest BCUT2D eigenvalue weighted by atomic mass is 9.97. The minimum Gasteiger partial charge on any atom is -0.436 e. The Morgan fingerprint density at radius 1 is 0.842 bits per heavy atom. The van der Waals surface area contributed by atoms with Crippen LogP contribution in [0.15, 0.2) is 72.8 Å². The molecule has 1 aliphatic rings. The highest BCUT2D eigenvalue weighted by molar-refractivity contribution is 5.97. The third-order valence-electron chi connectivity index (χ3n) is 6.67. The van der Waals surface area contributed by atoms with Gasteiger partial charge in [0.25, 0.3) is 5.91 Å². The maximum absolute atomic E-state index is 12.9. The van der Waals surface area contributed by atoms with Gasteiger partial charge in [-0.15, -0.1) is 0 Å². The third kappa shape index (κ3) is 6.03. The molecule has 4 rings (SSSR count). The van der Waals surface area contributed by atoms with Crippen molar-refractivity contribution < 1.29 is 24.2 Å². The number of nitrogens with one attached hydrogen (secondary N) is 3. The Morgan fingerprint density at radius 2 is 1.42 bits per heavy atom. The van der Waals surface area contributed by atoms with Gasteiger partial charge in [0.2, 0.25) is 5.91 Å². The van der Waals surface area contributed by atoms with E-state index in [9.17, 15) is 14.4 Å². The van der Waals surface area contributed by atoms with Gasteiger partial charge in [-0.3, -0.25) is 9.59 Å². The van der Waals surface area contributed by atoms with E-state index in [0.717, 1.165) is 27.8 Å². The molecular formula is C30H33N3O5. The molecule has 0 saturated heterocycles. The van der Waals surface area contributed by atoms with Crippen LogP contribution in [-0.2, 0) is 20.9 Å². The van der Waals surface area contributed by atoms with E-state index in [1.54, 1.807) is 45.0 Å². The Balaban J connectivity index is 1.33. The van der Waals surface area contributed by atoms with Crippen LogP contribution < -0.4 is 16.0 Å². The molecular weight excluding hydrogens is 482 g/mol. The molecule has 0 fully saturated rings. The molecule has 0 radical (unpaired) electrons. The van der Waals surface area contributed by atoms with Crippen LogP contribution in [0.1, 0.15) is 43.4 Å². The molecule has 0 spiro atoms. The summed E-state index contributed by atoms with van der Waals surface area (Å²) in [5.41, 5.74) is 5.84. The van der Waals surface area contributed by atoms with Crippen molar-refractivity contribution >= 4 is 23.6 Å². The van der Waals surface area contributed by atoms with E-state index in [1.807, 2.05) is 24.3 Å². The molecule has 0 bridgehead atoms. The molecule has 1 aliphatic carbocycles. The Hall–Kier alpha value is -4.17. The number of aliphatic hydroxyl groups excluding tert-OH is 1. The van der Waals surface area contributed by atoms with E-state index in [4.69, 9.17) is 9.84 Å². The van der Waals surface area contributed by atoms with Crippen LogP contribution in [0.3, 0.4) is 0 Å². The van der Waals surface area contributed by atoms with Gasteiger partial charge < -0.3 is 25.8 Å². The molecule has 0 aromatic heterocycles. The minimum atomic E-state index is -1.07. The predicted molar refractivity (Wildman–Crippen MR) is 145 cm³/mol. The van der Waals surface area contributed by atoms with Gasteiger partial charge in [-0.1, -0.05) is 74.5 Å². The monoisotopic (exact) mass is 515 g/mol. The molecule has 3 aromatic carbocycles. The molecule has 8 nitrogen and oxygen atoms in total. The van der Waals surface area contributed by atoms with Crippen LogP contribution in [-0.4, -0.2) is 41.7 Å². The zero-order chi connectivity index (χ0) is 27.2. The maximum Gasteiger partial charge on any atom is 0.407 e. The van der Waals surface area contributed by atoms with Crippen LogP contribution in [0, 0.1) is 5.92 Å². The largest absolute Gasteiger partial charge is 0.436 e. The Labute approximate surface area is 222 Å². The minimum absolute atomic E-state index is 0.0172. The molecule has 3 aromatic rings. The van der Waals surface area contributed by atoms with Gasteiger partial charge in [0.1, 0.15) is 6.04 Å². The summed E-state index contributed by atoms with van der Waals surface area (Å²) in [6.45, 7) is 5.34. The molecule has 4 N–H and O–H groups in total. The molecule has 0 aliphatic heterocycles.